The van der Waals surface area contributed by atoms with Crippen molar-refractivity contribution in [3.63, 3.8) is 0 Å². The number of nitrogens with zero attached hydrogens (tertiary/aromatic N) is 3. The van der Waals surface area contributed by atoms with Crippen LogP contribution >= 0.6 is 23.1 Å². The lowest BCUT2D eigenvalue weighted by Crippen LogP contribution is -2.06. The van der Waals surface area contributed by atoms with Gasteiger partial charge >= 0.3 is 5.97 Å². The van der Waals surface area contributed by atoms with Gasteiger partial charge in [-0.2, -0.15) is 11.3 Å². The van der Waals surface area contributed by atoms with Crippen LogP contribution in [0.15, 0.2) is 22.0 Å². The largest absolute Gasteiger partial charge is 0.481 e. The van der Waals surface area contributed by atoms with E-state index in [9.17, 15) is 4.79 Å². The first-order chi connectivity index (χ1) is 8.59. The molecule has 0 aromatic carbocycles. The van der Waals surface area contributed by atoms with Crippen molar-refractivity contribution in [3.05, 3.63) is 16.8 Å². The van der Waals surface area contributed by atoms with Gasteiger partial charge in [-0.15, -0.1) is 10.2 Å². The van der Waals surface area contributed by atoms with Gasteiger partial charge in [0.25, 0.3) is 0 Å². The number of rotatable bonds is 5. The molecule has 0 atom stereocenters. The van der Waals surface area contributed by atoms with Gasteiger partial charge in [0, 0.05) is 17.0 Å². The molecule has 0 amide bonds. The molecule has 5 nitrogen and oxygen atoms in total. The molecule has 0 aliphatic carbocycles. The predicted molar refractivity (Wildman–Crippen MR) is 72.1 cm³/mol. The molecule has 2 rings (SSSR count). The highest BCUT2D eigenvalue weighted by Gasteiger charge is 2.17. The van der Waals surface area contributed by atoms with Gasteiger partial charge in [0.05, 0.1) is 5.75 Å². The average molecular weight is 283 g/mol. The molecule has 0 unspecified atom stereocenters. The Morgan fingerprint density at radius 2 is 2.33 bits per heavy atom. The summed E-state index contributed by atoms with van der Waals surface area (Å²) in [7, 11) is 0. The van der Waals surface area contributed by atoms with E-state index in [1.165, 1.54) is 11.8 Å². The molecule has 0 spiro atoms. The Bertz CT molecular complexity index is 534. The minimum absolute atomic E-state index is 0.00547. The van der Waals surface area contributed by atoms with E-state index in [4.69, 9.17) is 5.11 Å². The third-order valence-electron chi connectivity index (χ3n) is 2.29. The van der Waals surface area contributed by atoms with Crippen molar-refractivity contribution in [1.29, 1.82) is 0 Å². The van der Waals surface area contributed by atoms with Crippen LogP contribution in [0.25, 0.3) is 11.4 Å². The molecule has 1 N–H and O–H groups in total. The van der Waals surface area contributed by atoms with Gasteiger partial charge in [0.15, 0.2) is 11.0 Å². The van der Waals surface area contributed by atoms with Crippen LogP contribution in [-0.4, -0.2) is 31.6 Å². The zero-order chi connectivity index (χ0) is 13.1. The molecule has 0 fully saturated rings. The number of aliphatic carboxylic acids is 1. The Labute approximate surface area is 113 Å². The Morgan fingerprint density at radius 1 is 1.56 bits per heavy atom. The van der Waals surface area contributed by atoms with Crippen LogP contribution in [0, 0.1) is 0 Å². The van der Waals surface area contributed by atoms with Gasteiger partial charge in [-0.25, -0.2) is 0 Å². The smallest absolute Gasteiger partial charge is 0.313 e. The van der Waals surface area contributed by atoms with E-state index in [2.05, 4.69) is 10.2 Å². The zero-order valence-corrected chi connectivity index (χ0v) is 11.7. The summed E-state index contributed by atoms with van der Waals surface area (Å²) >= 11 is 2.80. The minimum Gasteiger partial charge on any atom is -0.481 e. The van der Waals surface area contributed by atoms with Crippen molar-refractivity contribution in [3.8, 4) is 11.4 Å². The first-order valence-corrected chi connectivity index (χ1v) is 7.34. The summed E-state index contributed by atoms with van der Waals surface area (Å²) in [6.45, 7) is 4.06. The summed E-state index contributed by atoms with van der Waals surface area (Å²) in [6, 6.07) is 2.17. The maximum Gasteiger partial charge on any atom is 0.313 e. The van der Waals surface area contributed by atoms with E-state index >= 15 is 0 Å². The van der Waals surface area contributed by atoms with Crippen molar-refractivity contribution in [2.24, 2.45) is 0 Å². The number of thiophene rings is 1. The number of hydrogen-bond acceptors (Lipinski definition) is 5. The van der Waals surface area contributed by atoms with Crippen molar-refractivity contribution in [2.75, 3.05) is 5.75 Å². The second kappa shape index (κ2) is 5.53. The number of aromatic nitrogens is 3. The van der Waals surface area contributed by atoms with Crippen LogP contribution in [0.5, 0.6) is 0 Å². The first-order valence-electron chi connectivity index (χ1n) is 5.41. The van der Waals surface area contributed by atoms with Crippen LogP contribution in [0.1, 0.15) is 19.9 Å². The molecule has 0 aliphatic rings. The molecule has 2 aromatic rings. The number of carboxylic acid groups (broad SMARTS) is 1. The molecule has 0 saturated carbocycles. The van der Waals surface area contributed by atoms with Gasteiger partial charge in [-0.05, 0) is 25.3 Å². The molecule has 2 aromatic heterocycles. The Hall–Kier alpha value is -1.34. The summed E-state index contributed by atoms with van der Waals surface area (Å²) in [5.41, 5.74) is 1.02. The van der Waals surface area contributed by atoms with E-state index in [1.54, 1.807) is 11.3 Å². The molecule has 96 valence electrons. The van der Waals surface area contributed by atoms with E-state index in [-0.39, 0.29) is 11.8 Å². The molecule has 0 aliphatic heterocycles. The third-order valence-corrected chi connectivity index (χ3v) is 3.90. The van der Waals surface area contributed by atoms with Crippen molar-refractivity contribution < 1.29 is 9.90 Å². The molecule has 0 radical (unpaired) electrons. The van der Waals surface area contributed by atoms with Gasteiger partial charge in [-0.3, -0.25) is 9.36 Å². The van der Waals surface area contributed by atoms with Gasteiger partial charge in [0.2, 0.25) is 0 Å². The van der Waals surface area contributed by atoms with E-state index in [0.717, 1.165) is 11.4 Å². The van der Waals surface area contributed by atoms with Crippen LogP contribution in [0.3, 0.4) is 0 Å². The monoisotopic (exact) mass is 283 g/mol. The van der Waals surface area contributed by atoms with Crippen LogP contribution in [0.4, 0.5) is 0 Å². The molecule has 7 heteroatoms. The molecular formula is C11H13N3O2S2. The molecule has 0 saturated heterocycles. The van der Waals surface area contributed by atoms with Crippen molar-refractivity contribution in [2.45, 2.75) is 25.0 Å². The normalized spacial score (nSPS) is 11.1. The van der Waals surface area contributed by atoms with Gasteiger partial charge in [-0.1, -0.05) is 11.8 Å². The lowest BCUT2D eigenvalue weighted by molar-refractivity contribution is -0.133. The Balaban J connectivity index is 2.34. The van der Waals surface area contributed by atoms with Gasteiger partial charge < -0.3 is 5.11 Å². The minimum atomic E-state index is -0.851. The topological polar surface area (TPSA) is 68.0 Å². The van der Waals surface area contributed by atoms with Crippen molar-refractivity contribution in [1.82, 2.24) is 14.8 Å². The van der Waals surface area contributed by atoms with Crippen LogP contribution in [-0.2, 0) is 4.79 Å². The Kier molecular flexibility index (Phi) is 4.03. The molecule has 0 bridgehead atoms. The third kappa shape index (κ3) is 2.73. The molecule has 2 heterocycles. The predicted octanol–water partition coefficient (Wildman–Crippen LogP) is 2.76. The summed E-state index contributed by atoms with van der Waals surface area (Å²) in [4.78, 5) is 10.6. The zero-order valence-electron chi connectivity index (χ0n) is 10.0. The molecule has 18 heavy (non-hydrogen) atoms. The number of carboxylic acids is 1. The lowest BCUT2D eigenvalue weighted by Gasteiger charge is -2.12. The summed E-state index contributed by atoms with van der Waals surface area (Å²) in [5, 5.41) is 21.6. The highest BCUT2D eigenvalue weighted by Crippen LogP contribution is 2.28. The van der Waals surface area contributed by atoms with E-state index < -0.39 is 5.97 Å². The van der Waals surface area contributed by atoms with E-state index in [1.807, 2.05) is 35.2 Å². The molecular weight excluding hydrogens is 270 g/mol. The lowest BCUT2D eigenvalue weighted by atomic mass is 10.3. The highest BCUT2D eigenvalue weighted by atomic mass is 32.2. The average Bonchev–Trinajstić information content (AvgIpc) is 2.94. The number of thioether (sulfide) groups is 1. The maximum absolute atomic E-state index is 10.6. The summed E-state index contributed by atoms with van der Waals surface area (Å²) in [5.74, 6) is -0.0661. The first kappa shape index (κ1) is 13.1. The SMILES string of the molecule is CC(C)n1c(SCC(=O)O)nnc1-c1ccsc1. The Morgan fingerprint density at radius 3 is 2.89 bits per heavy atom. The second-order valence-electron chi connectivity index (χ2n) is 3.96. The fourth-order valence-electron chi connectivity index (χ4n) is 1.56. The standard InChI is InChI=1S/C11H13N3O2S2/c1-7(2)14-10(8-3-4-17-5-8)12-13-11(14)18-6-9(15)16/h3-5,7H,6H2,1-2H3,(H,15,16). The number of carbonyl (C=O) groups is 1. The fourth-order valence-corrected chi connectivity index (χ4v) is 2.98. The van der Waals surface area contributed by atoms with Crippen LogP contribution in [0.2, 0.25) is 0 Å². The maximum atomic E-state index is 10.6. The quantitative estimate of drug-likeness (QED) is 0.855. The van der Waals surface area contributed by atoms with Gasteiger partial charge in [0.1, 0.15) is 0 Å². The van der Waals surface area contributed by atoms with Crippen LogP contribution < -0.4 is 0 Å². The van der Waals surface area contributed by atoms with Crippen molar-refractivity contribution >= 4 is 29.1 Å². The highest BCUT2D eigenvalue weighted by molar-refractivity contribution is 7.99. The van der Waals surface area contributed by atoms with E-state index in [0.29, 0.717) is 5.16 Å². The summed E-state index contributed by atoms with van der Waals surface area (Å²) < 4.78 is 1.97. The summed E-state index contributed by atoms with van der Waals surface area (Å²) in [6.07, 6.45) is 0. The fraction of sp³-hybridized carbons (Fsp3) is 0.364. The number of hydrogen-bond donors (Lipinski definition) is 1. The second-order valence-corrected chi connectivity index (χ2v) is 5.69.